The normalized spacial score (nSPS) is 25.6. The third kappa shape index (κ3) is 3.51. The van der Waals surface area contributed by atoms with Crippen molar-refractivity contribution >= 4 is 11.8 Å². The number of piperidine rings is 1. The lowest BCUT2D eigenvalue weighted by atomic mass is 9.97. The summed E-state index contributed by atoms with van der Waals surface area (Å²) < 4.78 is 0. The minimum Gasteiger partial charge on any atom is -0.480 e. The number of Topliss-reactive ketones (excluding diaryl/α,β-unsaturated/α-hetero) is 1. The minimum absolute atomic E-state index is 0.00984. The number of hydrogen-bond donors (Lipinski definition) is 2. The van der Waals surface area contributed by atoms with Crippen LogP contribution >= 0.6 is 0 Å². The number of likely N-dealkylation sites (tertiary alicyclic amines) is 1. The molecular weight excluding hydrogens is 220 g/mol. The molecule has 0 aromatic carbocycles. The second-order valence-electron chi connectivity index (χ2n) is 4.82. The van der Waals surface area contributed by atoms with Gasteiger partial charge in [-0.1, -0.05) is 20.3 Å². The molecule has 0 amide bonds. The average Bonchev–Trinajstić information content (AvgIpc) is 2.27. The Bertz CT molecular complexity index is 289. The molecule has 1 rings (SSSR count). The van der Waals surface area contributed by atoms with E-state index < -0.39 is 18.2 Å². The van der Waals surface area contributed by atoms with Crippen molar-refractivity contribution in [2.45, 2.75) is 45.3 Å². The molecule has 0 aromatic heterocycles. The molecule has 0 saturated carbocycles. The Labute approximate surface area is 102 Å². The first-order valence-corrected chi connectivity index (χ1v) is 6.19. The Hall–Kier alpha value is -0.940. The van der Waals surface area contributed by atoms with Crippen LogP contribution in [0, 0.1) is 5.92 Å². The standard InChI is InChI=1S/C12H22N2O3/c1-4-8(2)10(12(16)17)13-11-9(15)6-5-7-14(11)3/h8,10-11,13H,4-7H2,1-3H3,(H,16,17)/t8?,10?,11-/m0/s1. The molecule has 0 bridgehead atoms. The van der Waals surface area contributed by atoms with Gasteiger partial charge in [-0.05, 0) is 19.4 Å². The minimum atomic E-state index is -0.883. The maximum atomic E-state index is 11.8. The van der Waals surface area contributed by atoms with Crippen molar-refractivity contribution in [2.24, 2.45) is 5.92 Å². The zero-order valence-electron chi connectivity index (χ0n) is 10.8. The molecule has 0 aliphatic carbocycles. The molecule has 2 unspecified atom stereocenters. The summed E-state index contributed by atoms with van der Waals surface area (Å²) in [4.78, 5) is 24.9. The third-order valence-electron chi connectivity index (χ3n) is 3.50. The van der Waals surface area contributed by atoms with Gasteiger partial charge in [-0.15, -0.1) is 0 Å². The van der Waals surface area contributed by atoms with Gasteiger partial charge in [0, 0.05) is 13.0 Å². The molecule has 2 N–H and O–H groups in total. The lowest BCUT2D eigenvalue weighted by Crippen LogP contribution is -2.58. The summed E-state index contributed by atoms with van der Waals surface area (Å²) >= 11 is 0. The zero-order chi connectivity index (χ0) is 13.0. The van der Waals surface area contributed by atoms with Crippen LogP contribution in [0.3, 0.4) is 0 Å². The third-order valence-corrected chi connectivity index (χ3v) is 3.50. The molecule has 0 radical (unpaired) electrons. The molecular formula is C12H22N2O3. The van der Waals surface area contributed by atoms with Crippen LogP contribution in [0.4, 0.5) is 0 Å². The topological polar surface area (TPSA) is 69.6 Å². The molecule has 1 aliphatic heterocycles. The van der Waals surface area contributed by atoms with Crippen LogP contribution in [0.15, 0.2) is 0 Å². The SMILES string of the molecule is CCC(C)C(N[C@@H]1C(=O)CCCN1C)C(=O)O. The van der Waals surface area contributed by atoms with Crippen molar-refractivity contribution in [3.8, 4) is 0 Å². The Morgan fingerprint density at radius 1 is 1.65 bits per heavy atom. The van der Waals surface area contributed by atoms with Crippen LogP contribution in [0.25, 0.3) is 0 Å². The number of nitrogens with one attached hydrogen (secondary N) is 1. The van der Waals surface area contributed by atoms with E-state index in [0.717, 1.165) is 19.4 Å². The summed E-state index contributed by atoms with van der Waals surface area (Å²) in [7, 11) is 1.85. The maximum absolute atomic E-state index is 11.8. The van der Waals surface area contributed by atoms with E-state index in [0.29, 0.717) is 6.42 Å². The number of aliphatic carboxylic acids is 1. The fraction of sp³-hybridized carbons (Fsp3) is 0.833. The highest BCUT2D eigenvalue weighted by atomic mass is 16.4. The number of hydrogen-bond acceptors (Lipinski definition) is 4. The quantitative estimate of drug-likeness (QED) is 0.742. The molecule has 0 aromatic rings. The first-order valence-electron chi connectivity index (χ1n) is 6.19. The number of carboxylic acids is 1. The number of carboxylic acid groups (broad SMARTS) is 1. The second kappa shape index (κ2) is 6.12. The molecule has 1 saturated heterocycles. The van der Waals surface area contributed by atoms with Crippen molar-refractivity contribution in [3.05, 3.63) is 0 Å². The molecule has 3 atom stereocenters. The summed E-state index contributed by atoms with van der Waals surface area (Å²) in [5, 5.41) is 12.2. The van der Waals surface area contributed by atoms with Crippen LogP contribution in [-0.4, -0.2) is 47.6 Å². The monoisotopic (exact) mass is 242 g/mol. The van der Waals surface area contributed by atoms with E-state index in [1.54, 1.807) is 0 Å². The van der Waals surface area contributed by atoms with Gasteiger partial charge < -0.3 is 5.11 Å². The van der Waals surface area contributed by atoms with Crippen molar-refractivity contribution in [1.29, 1.82) is 0 Å². The molecule has 5 heteroatoms. The van der Waals surface area contributed by atoms with E-state index in [9.17, 15) is 14.7 Å². The molecule has 1 fully saturated rings. The van der Waals surface area contributed by atoms with E-state index in [1.807, 2.05) is 25.8 Å². The largest absolute Gasteiger partial charge is 0.480 e. The van der Waals surface area contributed by atoms with Gasteiger partial charge in [0.25, 0.3) is 0 Å². The van der Waals surface area contributed by atoms with Crippen LogP contribution in [0.2, 0.25) is 0 Å². The summed E-state index contributed by atoms with van der Waals surface area (Å²) in [5.41, 5.74) is 0. The summed E-state index contributed by atoms with van der Waals surface area (Å²) in [6, 6.07) is -0.658. The highest BCUT2D eigenvalue weighted by Gasteiger charge is 2.33. The van der Waals surface area contributed by atoms with E-state index in [1.165, 1.54) is 0 Å². The van der Waals surface area contributed by atoms with Gasteiger partial charge in [0.1, 0.15) is 12.2 Å². The van der Waals surface area contributed by atoms with E-state index in [-0.39, 0.29) is 11.7 Å². The van der Waals surface area contributed by atoms with Crippen LogP contribution in [0.1, 0.15) is 33.1 Å². The number of carbonyl (C=O) groups excluding carboxylic acids is 1. The highest BCUT2D eigenvalue weighted by molar-refractivity contribution is 5.85. The fourth-order valence-electron chi connectivity index (χ4n) is 2.12. The van der Waals surface area contributed by atoms with Crippen molar-refractivity contribution in [3.63, 3.8) is 0 Å². The molecule has 1 aliphatic rings. The van der Waals surface area contributed by atoms with Gasteiger partial charge in [-0.3, -0.25) is 19.8 Å². The number of ketones is 1. The predicted octanol–water partition coefficient (Wildman–Crippen LogP) is 0.696. The number of rotatable bonds is 5. The van der Waals surface area contributed by atoms with Crippen molar-refractivity contribution < 1.29 is 14.7 Å². The Balaban J connectivity index is 2.71. The highest BCUT2D eigenvalue weighted by Crippen LogP contribution is 2.14. The van der Waals surface area contributed by atoms with Gasteiger partial charge in [0.2, 0.25) is 0 Å². The number of nitrogens with zero attached hydrogens (tertiary/aromatic N) is 1. The summed E-state index contributed by atoms with van der Waals surface area (Å²) in [6.45, 7) is 4.67. The molecule has 0 spiro atoms. The van der Waals surface area contributed by atoms with Gasteiger partial charge >= 0.3 is 5.97 Å². The Morgan fingerprint density at radius 2 is 2.29 bits per heavy atom. The Kier molecular flexibility index (Phi) is 5.08. The number of carbonyl (C=O) groups is 2. The van der Waals surface area contributed by atoms with Crippen LogP contribution in [0.5, 0.6) is 0 Å². The van der Waals surface area contributed by atoms with Crippen molar-refractivity contribution in [1.82, 2.24) is 10.2 Å². The molecule has 98 valence electrons. The lowest BCUT2D eigenvalue weighted by molar-refractivity contribution is -0.142. The van der Waals surface area contributed by atoms with Gasteiger partial charge in [-0.2, -0.15) is 0 Å². The molecule has 1 heterocycles. The van der Waals surface area contributed by atoms with Crippen molar-refractivity contribution in [2.75, 3.05) is 13.6 Å². The second-order valence-corrected chi connectivity index (χ2v) is 4.82. The van der Waals surface area contributed by atoms with E-state index >= 15 is 0 Å². The maximum Gasteiger partial charge on any atom is 0.321 e. The van der Waals surface area contributed by atoms with Crippen LogP contribution in [-0.2, 0) is 9.59 Å². The number of likely N-dealkylation sites (N-methyl/N-ethyl adjacent to an activating group) is 1. The average molecular weight is 242 g/mol. The van der Waals surface area contributed by atoms with Gasteiger partial charge in [-0.25, -0.2) is 0 Å². The predicted molar refractivity (Wildman–Crippen MR) is 64.7 cm³/mol. The lowest BCUT2D eigenvalue weighted by Gasteiger charge is -2.35. The Morgan fingerprint density at radius 3 is 2.76 bits per heavy atom. The zero-order valence-corrected chi connectivity index (χ0v) is 10.8. The summed E-state index contributed by atoms with van der Waals surface area (Å²) in [6.07, 6.45) is 1.72. The van der Waals surface area contributed by atoms with Gasteiger partial charge in [0.05, 0.1) is 0 Å². The molecule has 17 heavy (non-hydrogen) atoms. The fourth-order valence-corrected chi connectivity index (χ4v) is 2.12. The molecule has 5 nitrogen and oxygen atoms in total. The first-order chi connectivity index (χ1) is 7.97. The smallest absolute Gasteiger partial charge is 0.321 e. The van der Waals surface area contributed by atoms with E-state index in [2.05, 4.69) is 5.32 Å². The van der Waals surface area contributed by atoms with Gasteiger partial charge in [0.15, 0.2) is 5.78 Å². The first kappa shape index (κ1) is 14.1. The summed E-state index contributed by atoms with van der Waals surface area (Å²) in [5.74, 6) is -0.782. The van der Waals surface area contributed by atoms with Crippen LogP contribution < -0.4 is 5.32 Å². The van der Waals surface area contributed by atoms with E-state index in [4.69, 9.17) is 0 Å².